The quantitative estimate of drug-likeness (QED) is 0.710. The summed E-state index contributed by atoms with van der Waals surface area (Å²) in [5, 5.41) is 0.618. The molecule has 104 valence electrons. The summed E-state index contributed by atoms with van der Waals surface area (Å²) in [6, 6.07) is 14.8. The fourth-order valence-corrected chi connectivity index (χ4v) is 3.22. The molecule has 0 aromatic heterocycles. The summed E-state index contributed by atoms with van der Waals surface area (Å²) >= 11 is 5.97. The molecule has 0 bridgehead atoms. The third kappa shape index (κ3) is 2.83. The Balaban J connectivity index is 1.83. The Morgan fingerprint density at radius 3 is 2.15 bits per heavy atom. The van der Waals surface area contributed by atoms with Gasteiger partial charge in [0.25, 0.3) is 0 Å². The van der Waals surface area contributed by atoms with Crippen molar-refractivity contribution in [1.82, 2.24) is 0 Å². The molecule has 1 aliphatic rings. The van der Waals surface area contributed by atoms with E-state index in [1.54, 1.807) is 0 Å². The van der Waals surface area contributed by atoms with Crippen LogP contribution in [0.5, 0.6) is 0 Å². The molecular formula is C18H20ClN. The molecule has 2 N–H and O–H groups in total. The minimum atomic E-state index is 0.618. The van der Waals surface area contributed by atoms with Crippen LogP contribution in [0.15, 0.2) is 42.5 Å². The molecule has 0 aliphatic heterocycles. The van der Waals surface area contributed by atoms with Gasteiger partial charge in [0.05, 0.1) is 10.7 Å². The Kier molecular flexibility index (Phi) is 3.98. The smallest absolute Gasteiger partial charge is 0.0635 e. The van der Waals surface area contributed by atoms with Gasteiger partial charge in [0.2, 0.25) is 0 Å². The van der Waals surface area contributed by atoms with E-state index in [0.717, 1.165) is 11.5 Å². The average molecular weight is 286 g/mol. The number of nitrogen functional groups attached to an aromatic ring is 1. The number of halogens is 1. The molecule has 2 heteroatoms. The highest BCUT2D eigenvalue weighted by molar-refractivity contribution is 6.33. The van der Waals surface area contributed by atoms with E-state index in [-0.39, 0.29) is 0 Å². The lowest BCUT2D eigenvalue weighted by Crippen LogP contribution is -2.04. The molecular weight excluding hydrogens is 266 g/mol. The van der Waals surface area contributed by atoms with Crippen molar-refractivity contribution < 1.29 is 0 Å². The van der Waals surface area contributed by atoms with Gasteiger partial charge in [-0.2, -0.15) is 0 Å². The fraction of sp³-hybridized carbons (Fsp3) is 0.333. The maximum Gasteiger partial charge on any atom is 0.0635 e. The van der Waals surface area contributed by atoms with E-state index >= 15 is 0 Å². The molecule has 0 amide bonds. The van der Waals surface area contributed by atoms with Crippen LogP contribution in [0.1, 0.15) is 43.6 Å². The van der Waals surface area contributed by atoms with E-state index in [0.29, 0.717) is 10.7 Å². The maximum absolute atomic E-state index is 5.97. The Bertz CT molecular complexity index is 583. The van der Waals surface area contributed by atoms with Crippen molar-refractivity contribution in [3.05, 3.63) is 53.1 Å². The molecule has 0 radical (unpaired) electrons. The molecule has 2 aromatic carbocycles. The van der Waals surface area contributed by atoms with E-state index in [2.05, 4.69) is 24.3 Å². The predicted molar refractivity (Wildman–Crippen MR) is 87.1 cm³/mol. The van der Waals surface area contributed by atoms with Crippen LogP contribution >= 0.6 is 11.6 Å². The molecule has 3 rings (SSSR count). The highest BCUT2D eigenvalue weighted by atomic mass is 35.5. The van der Waals surface area contributed by atoms with Gasteiger partial charge in [0.1, 0.15) is 0 Å². The molecule has 0 unspecified atom stereocenters. The van der Waals surface area contributed by atoms with Gasteiger partial charge in [-0.15, -0.1) is 0 Å². The van der Waals surface area contributed by atoms with Gasteiger partial charge < -0.3 is 5.73 Å². The first-order valence-corrected chi connectivity index (χ1v) is 7.77. The number of benzene rings is 2. The zero-order valence-electron chi connectivity index (χ0n) is 11.6. The second-order valence-corrected chi connectivity index (χ2v) is 6.10. The fourth-order valence-electron chi connectivity index (χ4n) is 3.11. The van der Waals surface area contributed by atoms with Crippen molar-refractivity contribution >= 4 is 17.3 Å². The van der Waals surface area contributed by atoms with E-state index in [1.165, 1.54) is 43.2 Å². The molecule has 0 heterocycles. The Morgan fingerprint density at radius 2 is 1.50 bits per heavy atom. The van der Waals surface area contributed by atoms with Crippen LogP contribution in [0.4, 0.5) is 5.69 Å². The summed E-state index contributed by atoms with van der Waals surface area (Å²) < 4.78 is 0. The molecule has 0 saturated heterocycles. The third-order valence-electron chi connectivity index (χ3n) is 4.32. The number of hydrogen-bond donors (Lipinski definition) is 1. The van der Waals surface area contributed by atoms with Gasteiger partial charge in [0.15, 0.2) is 0 Å². The molecule has 1 saturated carbocycles. The standard InChI is InChI=1S/C18H20ClN/c19-17-11-10-16(12-18(17)20)15-8-6-14(7-9-15)13-4-2-1-3-5-13/h6-13H,1-5,20H2. The van der Waals surface area contributed by atoms with Crippen LogP contribution in [0, 0.1) is 0 Å². The van der Waals surface area contributed by atoms with Crippen molar-refractivity contribution in [2.45, 2.75) is 38.0 Å². The number of hydrogen-bond acceptors (Lipinski definition) is 1. The van der Waals surface area contributed by atoms with Crippen molar-refractivity contribution in [3.63, 3.8) is 0 Å². The second kappa shape index (κ2) is 5.88. The molecule has 1 fully saturated rings. The first kappa shape index (κ1) is 13.5. The summed E-state index contributed by atoms with van der Waals surface area (Å²) in [4.78, 5) is 0. The van der Waals surface area contributed by atoms with Crippen LogP contribution in [-0.2, 0) is 0 Å². The number of nitrogens with two attached hydrogens (primary N) is 1. The monoisotopic (exact) mass is 285 g/mol. The lowest BCUT2D eigenvalue weighted by Gasteiger charge is -2.22. The average Bonchev–Trinajstić information content (AvgIpc) is 2.51. The van der Waals surface area contributed by atoms with E-state index < -0.39 is 0 Å². The van der Waals surface area contributed by atoms with Crippen molar-refractivity contribution in [2.75, 3.05) is 5.73 Å². The zero-order chi connectivity index (χ0) is 13.9. The third-order valence-corrected chi connectivity index (χ3v) is 4.66. The number of anilines is 1. The summed E-state index contributed by atoms with van der Waals surface area (Å²) in [5.74, 6) is 0.757. The lowest BCUT2D eigenvalue weighted by atomic mass is 9.84. The Morgan fingerprint density at radius 1 is 0.850 bits per heavy atom. The largest absolute Gasteiger partial charge is 0.398 e. The van der Waals surface area contributed by atoms with Gasteiger partial charge in [0, 0.05) is 0 Å². The van der Waals surface area contributed by atoms with E-state index in [4.69, 9.17) is 17.3 Å². The maximum atomic E-state index is 5.97. The summed E-state index contributed by atoms with van der Waals surface area (Å²) in [6.07, 6.45) is 6.83. The Labute approximate surface area is 125 Å². The normalized spacial score (nSPS) is 16.2. The Hall–Kier alpha value is -1.47. The highest BCUT2D eigenvalue weighted by Gasteiger charge is 2.15. The molecule has 2 aromatic rings. The van der Waals surface area contributed by atoms with Gasteiger partial charge in [-0.1, -0.05) is 61.2 Å². The molecule has 0 atom stereocenters. The van der Waals surface area contributed by atoms with Gasteiger partial charge >= 0.3 is 0 Å². The van der Waals surface area contributed by atoms with E-state index in [1.807, 2.05) is 18.2 Å². The summed E-state index contributed by atoms with van der Waals surface area (Å²) in [5.41, 5.74) is 10.3. The molecule has 1 aliphatic carbocycles. The van der Waals surface area contributed by atoms with Crippen molar-refractivity contribution in [2.24, 2.45) is 0 Å². The van der Waals surface area contributed by atoms with Crippen LogP contribution in [0.25, 0.3) is 11.1 Å². The zero-order valence-corrected chi connectivity index (χ0v) is 12.4. The minimum absolute atomic E-state index is 0.618. The molecule has 1 nitrogen and oxygen atoms in total. The van der Waals surface area contributed by atoms with Crippen molar-refractivity contribution in [1.29, 1.82) is 0 Å². The van der Waals surface area contributed by atoms with Crippen LogP contribution in [-0.4, -0.2) is 0 Å². The minimum Gasteiger partial charge on any atom is -0.398 e. The topological polar surface area (TPSA) is 26.0 Å². The van der Waals surface area contributed by atoms with E-state index in [9.17, 15) is 0 Å². The second-order valence-electron chi connectivity index (χ2n) is 5.69. The predicted octanol–water partition coefficient (Wildman–Crippen LogP) is 5.64. The van der Waals surface area contributed by atoms with Gasteiger partial charge in [-0.3, -0.25) is 0 Å². The number of rotatable bonds is 2. The van der Waals surface area contributed by atoms with Crippen LogP contribution < -0.4 is 5.73 Å². The first-order chi connectivity index (χ1) is 9.74. The van der Waals surface area contributed by atoms with Crippen LogP contribution in [0.3, 0.4) is 0 Å². The lowest BCUT2D eigenvalue weighted by molar-refractivity contribution is 0.443. The van der Waals surface area contributed by atoms with Gasteiger partial charge in [-0.05, 0) is 47.6 Å². The van der Waals surface area contributed by atoms with Crippen LogP contribution in [0.2, 0.25) is 5.02 Å². The summed E-state index contributed by atoms with van der Waals surface area (Å²) in [7, 11) is 0. The highest BCUT2D eigenvalue weighted by Crippen LogP contribution is 2.34. The van der Waals surface area contributed by atoms with Gasteiger partial charge in [-0.25, -0.2) is 0 Å². The summed E-state index contributed by atoms with van der Waals surface area (Å²) in [6.45, 7) is 0. The molecule has 0 spiro atoms. The molecule has 20 heavy (non-hydrogen) atoms. The SMILES string of the molecule is Nc1cc(-c2ccc(C3CCCCC3)cc2)ccc1Cl. The van der Waals surface area contributed by atoms with Crippen molar-refractivity contribution in [3.8, 4) is 11.1 Å². The first-order valence-electron chi connectivity index (χ1n) is 7.39.